The van der Waals surface area contributed by atoms with Crippen molar-refractivity contribution in [2.45, 2.75) is 12.5 Å². The molecule has 118 valence electrons. The zero-order valence-electron chi connectivity index (χ0n) is 12.7. The molecule has 5 heteroatoms. The quantitative estimate of drug-likeness (QED) is 0.684. The first kappa shape index (κ1) is 16.5. The molecule has 0 aliphatic carbocycles. The van der Waals surface area contributed by atoms with Gasteiger partial charge in [-0.2, -0.15) is 0 Å². The predicted octanol–water partition coefficient (Wildman–Crippen LogP) is 1.98. The van der Waals surface area contributed by atoms with Crippen LogP contribution in [-0.4, -0.2) is 29.1 Å². The summed E-state index contributed by atoms with van der Waals surface area (Å²) in [5.74, 6) is 2.74. The molecule has 1 amide bonds. The number of carbonyl (C=O) groups is 1. The number of anilines is 1. The number of amides is 1. The number of terminal acetylenes is 1. The number of nitrogens with zero attached hydrogens (tertiary/aromatic N) is 1. The fourth-order valence-electron chi connectivity index (χ4n) is 2.16. The summed E-state index contributed by atoms with van der Waals surface area (Å²) >= 11 is 0. The number of aromatic nitrogens is 1. The molecule has 3 N–H and O–H groups in total. The zero-order valence-corrected chi connectivity index (χ0v) is 12.7. The summed E-state index contributed by atoms with van der Waals surface area (Å²) in [6.45, 7) is 0.255. The van der Waals surface area contributed by atoms with Crippen LogP contribution in [0.1, 0.15) is 28.4 Å². The van der Waals surface area contributed by atoms with Crippen LogP contribution in [0.4, 0.5) is 5.82 Å². The van der Waals surface area contributed by atoms with Crippen molar-refractivity contribution in [3.8, 4) is 12.3 Å². The maximum atomic E-state index is 11.8. The van der Waals surface area contributed by atoms with E-state index in [-0.39, 0.29) is 25.1 Å². The van der Waals surface area contributed by atoms with Crippen LogP contribution in [0.25, 0.3) is 0 Å². The maximum Gasteiger partial charge on any atom is 0.253 e. The van der Waals surface area contributed by atoms with Gasteiger partial charge in [0.05, 0.1) is 18.2 Å². The second-order valence-electron chi connectivity index (χ2n) is 4.94. The van der Waals surface area contributed by atoms with Crippen LogP contribution < -0.4 is 10.6 Å². The maximum absolute atomic E-state index is 11.8. The SMILES string of the molecule is C#CCNC(=O)c1ccc(N[C@@H](CCO)c2ccccc2)nc1. The standard InChI is InChI=1S/C18H19N3O2/c1-2-11-19-18(23)15-8-9-17(20-13-15)21-16(10-12-22)14-6-4-3-5-7-14/h1,3-9,13,16,22H,10-12H2,(H,19,23)(H,20,21)/t16-/m0/s1. The van der Waals surface area contributed by atoms with E-state index >= 15 is 0 Å². The van der Waals surface area contributed by atoms with E-state index in [9.17, 15) is 9.90 Å². The Morgan fingerprint density at radius 1 is 1.26 bits per heavy atom. The molecular formula is C18H19N3O2. The molecule has 0 saturated carbocycles. The Kier molecular flexibility index (Phi) is 6.16. The fraction of sp³-hybridized carbons (Fsp3) is 0.222. The van der Waals surface area contributed by atoms with Gasteiger partial charge in [0.25, 0.3) is 5.91 Å². The summed E-state index contributed by atoms with van der Waals surface area (Å²) < 4.78 is 0. The molecule has 0 aliphatic heterocycles. The normalized spacial score (nSPS) is 11.3. The largest absolute Gasteiger partial charge is 0.396 e. The molecule has 0 bridgehead atoms. The fourth-order valence-corrected chi connectivity index (χ4v) is 2.16. The van der Waals surface area contributed by atoms with E-state index in [1.54, 1.807) is 12.1 Å². The Morgan fingerprint density at radius 3 is 2.65 bits per heavy atom. The molecule has 1 atom stereocenters. The van der Waals surface area contributed by atoms with Crippen molar-refractivity contribution >= 4 is 11.7 Å². The lowest BCUT2D eigenvalue weighted by Gasteiger charge is -2.19. The van der Waals surface area contributed by atoms with Gasteiger partial charge < -0.3 is 15.7 Å². The number of pyridine rings is 1. The smallest absolute Gasteiger partial charge is 0.253 e. The van der Waals surface area contributed by atoms with Crippen LogP contribution in [0.5, 0.6) is 0 Å². The van der Waals surface area contributed by atoms with Crippen molar-refractivity contribution in [3.05, 3.63) is 59.8 Å². The van der Waals surface area contributed by atoms with Gasteiger partial charge >= 0.3 is 0 Å². The molecule has 0 saturated heterocycles. The molecular weight excluding hydrogens is 290 g/mol. The Labute approximate surface area is 135 Å². The first-order valence-corrected chi connectivity index (χ1v) is 7.34. The molecule has 0 fully saturated rings. The minimum atomic E-state index is -0.253. The van der Waals surface area contributed by atoms with Crippen LogP contribution in [0.2, 0.25) is 0 Å². The number of nitrogens with one attached hydrogen (secondary N) is 2. The molecule has 5 nitrogen and oxygen atoms in total. The summed E-state index contributed by atoms with van der Waals surface area (Å²) in [5.41, 5.74) is 1.52. The Hall–Kier alpha value is -2.84. The summed E-state index contributed by atoms with van der Waals surface area (Å²) in [7, 11) is 0. The lowest BCUT2D eigenvalue weighted by molar-refractivity contribution is 0.0958. The minimum absolute atomic E-state index is 0.0465. The lowest BCUT2D eigenvalue weighted by Crippen LogP contribution is -2.23. The van der Waals surface area contributed by atoms with Gasteiger partial charge in [0.15, 0.2) is 0 Å². The van der Waals surface area contributed by atoms with Gasteiger partial charge in [0.2, 0.25) is 0 Å². The number of aliphatic hydroxyl groups excluding tert-OH is 1. The highest BCUT2D eigenvalue weighted by Crippen LogP contribution is 2.21. The monoisotopic (exact) mass is 309 g/mol. The summed E-state index contributed by atoms with van der Waals surface area (Å²) in [5, 5.41) is 15.1. The molecule has 0 unspecified atom stereocenters. The van der Waals surface area contributed by atoms with Crippen molar-refractivity contribution in [2.24, 2.45) is 0 Å². The molecule has 0 spiro atoms. The predicted molar refractivity (Wildman–Crippen MR) is 89.9 cm³/mol. The van der Waals surface area contributed by atoms with Crippen molar-refractivity contribution < 1.29 is 9.90 Å². The number of aliphatic hydroxyl groups is 1. The third-order valence-electron chi connectivity index (χ3n) is 3.32. The van der Waals surface area contributed by atoms with E-state index in [4.69, 9.17) is 6.42 Å². The molecule has 1 heterocycles. The minimum Gasteiger partial charge on any atom is -0.396 e. The Bertz CT molecular complexity index is 663. The molecule has 23 heavy (non-hydrogen) atoms. The van der Waals surface area contributed by atoms with Crippen molar-refractivity contribution in [1.82, 2.24) is 10.3 Å². The number of hydrogen-bond donors (Lipinski definition) is 3. The summed E-state index contributed by atoms with van der Waals surface area (Å²) in [6, 6.07) is 13.2. The van der Waals surface area contributed by atoms with Gasteiger partial charge in [-0.15, -0.1) is 6.42 Å². The third kappa shape index (κ3) is 4.83. The zero-order chi connectivity index (χ0) is 16.5. The molecule has 0 aliphatic rings. The van der Waals surface area contributed by atoms with Gasteiger partial charge in [-0.1, -0.05) is 36.3 Å². The summed E-state index contributed by atoms with van der Waals surface area (Å²) in [4.78, 5) is 16.0. The van der Waals surface area contributed by atoms with Crippen molar-refractivity contribution in [3.63, 3.8) is 0 Å². The van der Waals surface area contributed by atoms with E-state index in [2.05, 4.69) is 21.5 Å². The highest BCUT2D eigenvalue weighted by Gasteiger charge is 2.12. The van der Waals surface area contributed by atoms with Crippen LogP contribution in [-0.2, 0) is 0 Å². The van der Waals surface area contributed by atoms with E-state index in [0.29, 0.717) is 17.8 Å². The van der Waals surface area contributed by atoms with E-state index in [0.717, 1.165) is 5.56 Å². The summed E-state index contributed by atoms with van der Waals surface area (Å²) in [6.07, 6.45) is 7.17. The molecule has 2 rings (SSSR count). The molecule has 1 aromatic carbocycles. The highest BCUT2D eigenvalue weighted by atomic mass is 16.3. The van der Waals surface area contributed by atoms with E-state index in [1.165, 1.54) is 6.20 Å². The average molecular weight is 309 g/mol. The Morgan fingerprint density at radius 2 is 2.04 bits per heavy atom. The number of rotatable bonds is 7. The lowest BCUT2D eigenvalue weighted by atomic mass is 10.0. The molecule has 2 aromatic rings. The van der Waals surface area contributed by atoms with Gasteiger partial charge in [-0.05, 0) is 24.1 Å². The Balaban J connectivity index is 2.06. The van der Waals surface area contributed by atoms with Gasteiger partial charge in [-0.3, -0.25) is 4.79 Å². The third-order valence-corrected chi connectivity index (χ3v) is 3.32. The number of benzene rings is 1. The van der Waals surface area contributed by atoms with Crippen LogP contribution >= 0.6 is 0 Å². The molecule has 0 radical (unpaired) electrons. The second kappa shape index (κ2) is 8.57. The second-order valence-corrected chi connectivity index (χ2v) is 4.94. The first-order valence-electron chi connectivity index (χ1n) is 7.34. The first-order chi connectivity index (χ1) is 11.2. The topological polar surface area (TPSA) is 74.2 Å². The van der Waals surface area contributed by atoms with E-state index < -0.39 is 0 Å². The van der Waals surface area contributed by atoms with Gasteiger partial charge in [0, 0.05) is 12.8 Å². The van der Waals surface area contributed by atoms with Gasteiger partial charge in [0.1, 0.15) is 5.82 Å². The van der Waals surface area contributed by atoms with Crippen LogP contribution in [0.3, 0.4) is 0 Å². The van der Waals surface area contributed by atoms with Crippen molar-refractivity contribution in [1.29, 1.82) is 0 Å². The number of carbonyl (C=O) groups excluding carboxylic acids is 1. The molecule has 1 aromatic heterocycles. The highest BCUT2D eigenvalue weighted by molar-refractivity contribution is 5.94. The average Bonchev–Trinajstić information content (AvgIpc) is 2.60. The number of hydrogen-bond acceptors (Lipinski definition) is 4. The van der Waals surface area contributed by atoms with Crippen LogP contribution in [0.15, 0.2) is 48.7 Å². The van der Waals surface area contributed by atoms with Crippen LogP contribution in [0, 0.1) is 12.3 Å². The van der Waals surface area contributed by atoms with Crippen molar-refractivity contribution in [2.75, 3.05) is 18.5 Å². The van der Waals surface area contributed by atoms with Gasteiger partial charge in [-0.25, -0.2) is 4.98 Å². The van der Waals surface area contributed by atoms with E-state index in [1.807, 2.05) is 30.3 Å².